The Bertz CT molecular complexity index is 471. The van der Waals surface area contributed by atoms with Gasteiger partial charge in [0.1, 0.15) is 5.75 Å². The van der Waals surface area contributed by atoms with Crippen LogP contribution in [0.1, 0.15) is 11.1 Å². The first-order valence-corrected chi connectivity index (χ1v) is 5.78. The number of ether oxygens (including phenoxy) is 2. The highest BCUT2D eigenvalue weighted by Crippen LogP contribution is 2.35. The van der Waals surface area contributed by atoms with E-state index in [-0.39, 0.29) is 28.8 Å². The Kier molecular flexibility index (Phi) is 4.78. The molecule has 0 fully saturated rings. The highest BCUT2D eigenvalue weighted by Gasteiger charge is 2.34. The minimum Gasteiger partial charge on any atom is -0.481 e. The topological polar surface area (TPSA) is 55.1 Å². The van der Waals surface area contributed by atoms with Crippen molar-refractivity contribution >= 4 is 15.9 Å². The Morgan fingerprint density at radius 3 is 2.61 bits per heavy atom. The summed E-state index contributed by atoms with van der Waals surface area (Å²) < 4.78 is 45.8. The average Bonchev–Trinajstić information content (AvgIpc) is 2.29. The molecule has 1 rings (SSSR count). The maximum atomic E-state index is 12.3. The molecule has 0 atom stereocenters. The number of methoxy groups -OCH3 is 1. The van der Waals surface area contributed by atoms with Gasteiger partial charge in [-0.15, -0.1) is 13.2 Å². The third-order valence-corrected chi connectivity index (χ3v) is 2.54. The number of nitrogens with zero attached hydrogens (tertiary/aromatic N) is 2. The molecule has 0 aliphatic heterocycles. The molecule has 0 saturated carbocycles. The van der Waals surface area contributed by atoms with Crippen molar-refractivity contribution in [1.29, 1.82) is 5.26 Å². The van der Waals surface area contributed by atoms with Crippen LogP contribution in [0.25, 0.3) is 0 Å². The van der Waals surface area contributed by atoms with Gasteiger partial charge < -0.3 is 9.47 Å². The minimum atomic E-state index is -4.84. The Labute approximate surface area is 109 Å². The normalized spacial score (nSPS) is 10.9. The lowest BCUT2D eigenvalue weighted by atomic mass is 10.1. The minimum absolute atomic E-state index is 0.0211. The molecule has 0 N–H and O–H groups in total. The molecule has 98 valence electrons. The molecule has 8 heteroatoms. The Hall–Kier alpha value is -1.49. The molecule has 0 spiro atoms. The Morgan fingerprint density at radius 1 is 1.50 bits per heavy atom. The molecule has 0 aliphatic rings. The van der Waals surface area contributed by atoms with Gasteiger partial charge in [-0.2, -0.15) is 5.26 Å². The number of halogens is 4. The van der Waals surface area contributed by atoms with E-state index in [1.807, 2.05) is 0 Å². The van der Waals surface area contributed by atoms with E-state index in [0.717, 1.165) is 6.20 Å². The maximum Gasteiger partial charge on any atom is 0.573 e. The molecule has 4 nitrogen and oxygen atoms in total. The van der Waals surface area contributed by atoms with E-state index >= 15 is 0 Å². The summed E-state index contributed by atoms with van der Waals surface area (Å²) in [6.45, 7) is 0. The Balaban J connectivity index is 3.34. The molecular weight excluding hydrogens is 317 g/mol. The molecule has 0 radical (unpaired) electrons. The number of hydrogen-bond donors (Lipinski definition) is 0. The smallest absolute Gasteiger partial charge is 0.481 e. The zero-order valence-corrected chi connectivity index (χ0v) is 10.8. The fourth-order valence-electron chi connectivity index (χ4n) is 1.31. The van der Waals surface area contributed by atoms with Crippen molar-refractivity contribution in [3.05, 3.63) is 17.3 Å². The van der Waals surface area contributed by atoms with Gasteiger partial charge in [0.05, 0.1) is 25.2 Å². The molecule has 0 amide bonds. The zero-order valence-electron chi connectivity index (χ0n) is 9.21. The van der Waals surface area contributed by atoms with Crippen LogP contribution in [0.3, 0.4) is 0 Å². The summed E-state index contributed by atoms with van der Waals surface area (Å²) in [5.74, 6) is -0.416. The summed E-state index contributed by atoms with van der Waals surface area (Å²) in [6.07, 6.45) is -3.94. The highest BCUT2D eigenvalue weighted by molar-refractivity contribution is 9.08. The van der Waals surface area contributed by atoms with Gasteiger partial charge in [0.15, 0.2) is 0 Å². The van der Waals surface area contributed by atoms with E-state index in [2.05, 4.69) is 25.7 Å². The fraction of sp³-hybridized carbons (Fsp3) is 0.400. The van der Waals surface area contributed by atoms with Crippen molar-refractivity contribution in [3.63, 3.8) is 0 Å². The second-order valence-corrected chi connectivity index (χ2v) is 3.68. The van der Waals surface area contributed by atoms with Crippen molar-refractivity contribution in [1.82, 2.24) is 4.98 Å². The first-order chi connectivity index (χ1) is 8.42. The molecule has 0 saturated heterocycles. The number of aromatic nitrogens is 1. The van der Waals surface area contributed by atoms with Gasteiger partial charge in [-0.3, -0.25) is 0 Å². The van der Waals surface area contributed by atoms with Crippen LogP contribution in [0, 0.1) is 11.3 Å². The standard InChI is InChI=1S/C10H8BrF3N2O2/c1-17-9-7(4-11)8(18-10(12,13)14)6(2-3-15)5-16-9/h5H,2,4H2,1H3. The van der Waals surface area contributed by atoms with E-state index in [1.54, 1.807) is 6.07 Å². The first kappa shape index (κ1) is 14.6. The molecule has 0 unspecified atom stereocenters. The summed E-state index contributed by atoms with van der Waals surface area (Å²) in [4.78, 5) is 3.83. The molecule has 0 bridgehead atoms. The third kappa shape index (κ3) is 3.50. The fourth-order valence-corrected chi connectivity index (χ4v) is 1.81. The largest absolute Gasteiger partial charge is 0.573 e. The molecule has 0 aromatic carbocycles. The number of nitriles is 1. The van der Waals surface area contributed by atoms with E-state index < -0.39 is 12.1 Å². The monoisotopic (exact) mass is 324 g/mol. The summed E-state index contributed by atoms with van der Waals surface area (Å²) in [5, 5.41) is 8.64. The predicted octanol–water partition coefficient (Wildman–Crippen LogP) is 2.95. The van der Waals surface area contributed by atoms with Gasteiger partial charge in [0.2, 0.25) is 5.88 Å². The number of hydrogen-bond acceptors (Lipinski definition) is 4. The molecule has 18 heavy (non-hydrogen) atoms. The van der Waals surface area contributed by atoms with Crippen molar-refractivity contribution in [2.75, 3.05) is 7.11 Å². The van der Waals surface area contributed by atoms with Gasteiger partial charge in [0, 0.05) is 17.1 Å². The van der Waals surface area contributed by atoms with Crippen LogP contribution >= 0.6 is 15.9 Å². The van der Waals surface area contributed by atoms with Gasteiger partial charge in [-0.1, -0.05) is 15.9 Å². The SMILES string of the molecule is COc1ncc(CC#N)c(OC(F)(F)F)c1CBr. The average molecular weight is 325 g/mol. The third-order valence-electron chi connectivity index (χ3n) is 1.98. The van der Waals surface area contributed by atoms with Crippen LogP contribution in [0.15, 0.2) is 6.20 Å². The number of rotatable bonds is 4. The van der Waals surface area contributed by atoms with Gasteiger partial charge in [0.25, 0.3) is 0 Å². The molecule has 1 aromatic rings. The van der Waals surface area contributed by atoms with Crippen molar-refractivity contribution in [3.8, 4) is 17.7 Å². The predicted molar refractivity (Wildman–Crippen MR) is 59.4 cm³/mol. The molecular formula is C10H8BrF3N2O2. The van der Waals surface area contributed by atoms with E-state index in [0.29, 0.717) is 0 Å². The van der Waals surface area contributed by atoms with Crippen LogP contribution < -0.4 is 9.47 Å². The van der Waals surface area contributed by atoms with Crippen LogP contribution in [0.4, 0.5) is 13.2 Å². The van der Waals surface area contributed by atoms with Gasteiger partial charge in [-0.25, -0.2) is 4.98 Å². The highest BCUT2D eigenvalue weighted by atomic mass is 79.9. The van der Waals surface area contributed by atoms with Gasteiger partial charge in [-0.05, 0) is 0 Å². The summed E-state index contributed by atoms with van der Waals surface area (Å²) in [6, 6.07) is 1.76. The van der Waals surface area contributed by atoms with E-state index in [9.17, 15) is 13.2 Å². The van der Waals surface area contributed by atoms with E-state index in [1.165, 1.54) is 7.11 Å². The molecule has 0 aliphatic carbocycles. The second-order valence-electron chi connectivity index (χ2n) is 3.12. The lowest BCUT2D eigenvalue weighted by Crippen LogP contribution is -2.19. The number of alkyl halides is 4. The van der Waals surface area contributed by atoms with Gasteiger partial charge >= 0.3 is 6.36 Å². The second kappa shape index (κ2) is 5.91. The lowest BCUT2D eigenvalue weighted by molar-refractivity contribution is -0.275. The first-order valence-electron chi connectivity index (χ1n) is 4.66. The van der Waals surface area contributed by atoms with Crippen molar-refractivity contribution in [2.24, 2.45) is 0 Å². The zero-order chi connectivity index (χ0) is 13.8. The van der Waals surface area contributed by atoms with Crippen LogP contribution in [0.2, 0.25) is 0 Å². The van der Waals surface area contributed by atoms with Crippen molar-refractivity contribution in [2.45, 2.75) is 18.1 Å². The van der Waals surface area contributed by atoms with Crippen molar-refractivity contribution < 1.29 is 22.6 Å². The van der Waals surface area contributed by atoms with Crippen LogP contribution in [-0.2, 0) is 11.8 Å². The van der Waals surface area contributed by atoms with Crippen LogP contribution in [0.5, 0.6) is 11.6 Å². The summed E-state index contributed by atoms with van der Waals surface area (Å²) in [5.41, 5.74) is 0.174. The van der Waals surface area contributed by atoms with Crippen LogP contribution in [-0.4, -0.2) is 18.5 Å². The lowest BCUT2D eigenvalue weighted by Gasteiger charge is -2.16. The number of pyridine rings is 1. The van der Waals surface area contributed by atoms with E-state index in [4.69, 9.17) is 10.00 Å². The quantitative estimate of drug-likeness (QED) is 0.799. The molecule has 1 aromatic heterocycles. The Morgan fingerprint density at radius 2 is 2.17 bits per heavy atom. The molecule has 1 heterocycles. The summed E-state index contributed by atoms with van der Waals surface area (Å²) >= 11 is 3.04. The summed E-state index contributed by atoms with van der Waals surface area (Å²) in [7, 11) is 1.29. The maximum absolute atomic E-state index is 12.3.